The van der Waals surface area contributed by atoms with Crippen LogP contribution in [0.3, 0.4) is 0 Å². The average Bonchev–Trinajstić information content (AvgIpc) is 2.56. The molecule has 10 heteroatoms. The summed E-state index contributed by atoms with van der Waals surface area (Å²) >= 11 is 14.0. The van der Waals surface area contributed by atoms with Crippen LogP contribution in [-0.4, -0.2) is 24.6 Å². The molecule has 26 heavy (non-hydrogen) atoms. The maximum Gasteiger partial charge on any atom is 0.254 e. The molecule has 0 atom stereocenters. The van der Waals surface area contributed by atoms with E-state index in [9.17, 15) is 13.2 Å². The van der Waals surface area contributed by atoms with Crippen LogP contribution >= 0.6 is 45.8 Å². The van der Waals surface area contributed by atoms with Crippen LogP contribution in [0.4, 0.5) is 17.2 Å². The number of hydrogen-bond donors (Lipinski definition) is 2. The van der Waals surface area contributed by atoms with Crippen molar-refractivity contribution in [3.05, 3.63) is 48.8 Å². The molecule has 1 aromatic carbocycles. The first-order valence-electron chi connectivity index (χ1n) is 7.64. The van der Waals surface area contributed by atoms with E-state index in [0.29, 0.717) is 28.5 Å². The van der Waals surface area contributed by atoms with Gasteiger partial charge in [0.15, 0.2) is 0 Å². The largest absolute Gasteiger partial charge is 0.339 e. The maximum atomic E-state index is 12.3. The number of halogens is 3. The fourth-order valence-electron chi connectivity index (χ4n) is 2.30. The van der Waals surface area contributed by atoms with E-state index < -0.39 is 10.0 Å². The number of alkyl halides is 1. The molecule has 0 saturated carbocycles. The topological polar surface area (TPSA) is 80.2 Å². The highest BCUT2D eigenvalue weighted by Crippen LogP contribution is 2.30. The fourth-order valence-corrected chi connectivity index (χ4v) is 4.62. The van der Waals surface area contributed by atoms with E-state index in [1.54, 1.807) is 26.1 Å². The van der Waals surface area contributed by atoms with Gasteiger partial charge in [-0.15, -0.1) is 11.6 Å². The molecular weight excluding hydrogens is 512 g/mol. The first-order chi connectivity index (χ1) is 12.1. The molecule has 142 valence electrons. The molecule has 1 heterocycles. The SMILES string of the molecule is Cc1cc(NS(=O)(=O)CCCCl)c(Nc2ccc(I)cc2Cl)n(C)c1=O. The third-order valence-corrected chi connectivity index (χ3v) is 6.20. The van der Waals surface area contributed by atoms with Crippen molar-refractivity contribution in [3.8, 4) is 0 Å². The Kier molecular flexibility index (Phi) is 7.23. The van der Waals surface area contributed by atoms with Gasteiger partial charge in [0, 0.05) is 22.1 Å². The number of nitrogens with zero attached hydrogens (tertiary/aromatic N) is 1. The molecule has 0 bridgehead atoms. The molecule has 2 N–H and O–H groups in total. The van der Waals surface area contributed by atoms with Crippen LogP contribution in [0.5, 0.6) is 0 Å². The quantitative estimate of drug-likeness (QED) is 0.418. The molecule has 6 nitrogen and oxygen atoms in total. The second-order valence-electron chi connectivity index (χ2n) is 5.67. The summed E-state index contributed by atoms with van der Waals surface area (Å²) in [6.45, 7) is 1.63. The van der Waals surface area contributed by atoms with Gasteiger partial charge >= 0.3 is 0 Å². The summed E-state index contributed by atoms with van der Waals surface area (Å²) in [5.41, 5.74) is 1.01. The lowest BCUT2D eigenvalue weighted by Crippen LogP contribution is -2.25. The highest BCUT2D eigenvalue weighted by Gasteiger charge is 2.17. The molecule has 0 amide bonds. The van der Waals surface area contributed by atoms with Crippen LogP contribution in [0, 0.1) is 10.5 Å². The zero-order valence-corrected chi connectivity index (χ0v) is 18.6. The van der Waals surface area contributed by atoms with E-state index in [4.69, 9.17) is 23.2 Å². The lowest BCUT2D eigenvalue weighted by atomic mass is 10.2. The van der Waals surface area contributed by atoms with E-state index in [1.807, 2.05) is 6.07 Å². The second kappa shape index (κ2) is 8.81. The summed E-state index contributed by atoms with van der Waals surface area (Å²) < 4.78 is 29.4. The summed E-state index contributed by atoms with van der Waals surface area (Å²) in [5.74, 6) is 0.441. The van der Waals surface area contributed by atoms with E-state index >= 15 is 0 Å². The first kappa shape index (κ1) is 21.3. The van der Waals surface area contributed by atoms with Crippen LogP contribution in [0.1, 0.15) is 12.0 Å². The molecule has 2 aromatic rings. The third-order valence-electron chi connectivity index (χ3n) is 3.59. The van der Waals surface area contributed by atoms with Crippen LogP contribution < -0.4 is 15.6 Å². The van der Waals surface area contributed by atoms with Gasteiger partial charge in [-0.2, -0.15) is 0 Å². The van der Waals surface area contributed by atoms with Gasteiger partial charge in [-0.1, -0.05) is 11.6 Å². The first-order valence-corrected chi connectivity index (χ1v) is 11.3. The van der Waals surface area contributed by atoms with Crippen LogP contribution in [-0.2, 0) is 17.1 Å². The van der Waals surface area contributed by atoms with Crippen molar-refractivity contribution in [1.29, 1.82) is 0 Å². The smallest absolute Gasteiger partial charge is 0.254 e. The Morgan fingerprint density at radius 1 is 1.23 bits per heavy atom. The normalized spacial score (nSPS) is 11.4. The van der Waals surface area contributed by atoms with Crippen LogP contribution in [0.25, 0.3) is 0 Å². The maximum absolute atomic E-state index is 12.3. The van der Waals surface area contributed by atoms with Crippen molar-refractivity contribution in [3.63, 3.8) is 0 Å². The summed E-state index contributed by atoms with van der Waals surface area (Å²) in [7, 11) is -2.03. The van der Waals surface area contributed by atoms with Crippen molar-refractivity contribution < 1.29 is 8.42 Å². The monoisotopic (exact) mass is 529 g/mol. The number of benzene rings is 1. The number of nitrogens with one attached hydrogen (secondary N) is 2. The third kappa shape index (κ3) is 5.28. The standard InChI is InChI=1S/C16H18Cl2IN3O3S/c1-10-8-14(21-26(24,25)7-3-6-17)15(22(2)16(10)23)20-13-5-4-11(19)9-12(13)18/h4-5,8-9,20-21H,3,6-7H2,1-2H3. The van der Waals surface area contributed by atoms with Crippen molar-refractivity contribution in [2.24, 2.45) is 7.05 Å². The van der Waals surface area contributed by atoms with Gasteiger partial charge in [-0.05, 0) is 60.2 Å². The van der Waals surface area contributed by atoms with Crippen molar-refractivity contribution in [1.82, 2.24) is 4.57 Å². The molecule has 1 aromatic heterocycles. The molecule has 0 spiro atoms. The zero-order valence-electron chi connectivity index (χ0n) is 14.1. The highest BCUT2D eigenvalue weighted by atomic mass is 127. The predicted octanol–water partition coefficient (Wildman–Crippen LogP) is 4.07. The minimum absolute atomic E-state index is 0.109. The highest BCUT2D eigenvalue weighted by molar-refractivity contribution is 14.1. The molecule has 0 unspecified atom stereocenters. The Balaban J connectivity index is 2.50. The van der Waals surface area contributed by atoms with Gasteiger partial charge in [-0.25, -0.2) is 8.42 Å². The van der Waals surface area contributed by atoms with Gasteiger partial charge in [0.05, 0.1) is 22.2 Å². The molecule has 0 saturated heterocycles. The molecule has 2 rings (SSSR count). The van der Waals surface area contributed by atoms with E-state index in [2.05, 4.69) is 32.6 Å². The minimum atomic E-state index is -3.60. The van der Waals surface area contributed by atoms with Gasteiger partial charge in [0.2, 0.25) is 10.0 Å². The predicted molar refractivity (Wildman–Crippen MR) is 117 cm³/mol. The molecule has 0 aliphatic carbocycles. The number of aromatic nitrogens is 1. The molecule has 0 aliphatic rings. The Bertz CT molecular complexity index is 977. The minimum Gasteiger partial charge on any atom is -0.339 e. The molecular formula is C16H18Cl2IN3O3S. The van der Waals surface area contributed by atoms with E-state index in [0.717, 1.165) is 3.57 Å². The summed E-state index contributed by atoms with van der Waals surface area (Å²) in [5, 5.41) is 3.52. The lowest BCUT2D eigenvalue weighted by Gasteiger charge is -2.19. The van der Waals surface area contributed by atoms with Gasteiger partial charge in [0.25, 0.3) is 5.56 Å². The van der Waals surface area contributed by atoms with Gasteiger partial charge < -0.3 is 5.32 Å². The van der Waals surface area contributed by atoms with E-state index in [-0.39, 0.29) is 22.9 Å². The van der Waals surface area contributed by atoms with Crippen molar-refractivity contribution in [2.75, 3.05) is 21.7 Å². The Hall–Kier alpha value is -0.970. The number of anilines is 3. The number of pyridine rings is 1. The average molecular weight is 530 g/mol. The summed E-state index contributed by atoms with van der Waals surface area (Å²) in [6, 6.07) is 6.89. The molecule has 0 radical (unpaired) electrons. The fraction of sp³-hybridized carbons (Fsp3) is 0.312. The van der Waals surface area contributed by atoms with Crippen molar-refractivity contribution in [2.45, 2.75) is 13.3 Å². The van der Waals surface area contributed by atoms with E-state index in [1.165, 1.54) is 10.6 Å². The second-order valence-corrected chi connectivity index (χ2v) is 9.54. The zero-order chi connectivity index (χ0) is 19.5. The summed E-state index contributed by atoms with van der Waals surface area (Å²) in [6.07, 6.45) is 0.327. The number of hydrogen-bond acceptors (Lipinski definition) is 4. The van der Waals surface area contributed by atoms with Crippen LogP contribution in [0.2, 0.25) is 5.02 Å². The summed E-state index contributed by atoms with van der Waals surface area (Å²) in [4.78, 5) is 12.3. The Morgan fingerprint density at radius 2 is 1.92 bits per heavy atom. The van der Waals surface area contributed by atoms with Gasteiger partial charge in [-0.3, -0.25) is 14.1 Å². The number of sulfonamides is 1. The van der Waals surface area contributed by atoms with Gasteiger partial charge in [0.1, 0.15) is 5.82 Å². The van der Waals surface area contributed by atoms with Crippen LogP contribution in [0.15, 0.2) is 29.1 Å². The molecule has 0 fully saturated rings. The lowest BCUT2D eigenvalue weighted by molar-refractivity contribution is 0.600. The Labute approximate surface area is 176 Å². The molecule has 0 aliphatic heterocycles. The number of aryl methyl sites for hydroxylation is 1. The Morgan fingerprint density at radius 3 is 2.54 bits per heavy atom. The van der Waals surface area contributed by atoms with Crippen molar-refractivity contribution >= 4 is 73.0 Å². The number of rotatable bonds is 7.